The van der Waals surface area contributed by atoms with Crippen molar-refractivity contribution in [3.05, 3.63) is 113 Å². The average molecular weight is 305 g/mol. The Balaban J connectivity index is 1.96. The SMILES string of the molecule is Clc1ccc([C@H](/C=C/c2ccccc2)c2ccccc2)cc1. The van der Waals surface area contributed by atoms with E-state index in [1.807, 2.05) is 24.3 Å². The topological polar surface area (TPSA) is 0 Å². The number of rotatable bonds is 4. The average Bonchev–Trinajstić information content (AvgIpc) is 2.58. The molecule has 0 unspecified atom stereocenters. The monoisotopic (exact) mass is 304 g/mol. The molecule has 0 aliphatic carbocycles. The van der Waals surface area contributed by atoms with Crippen LogP contribution in [0.1, 0.15) is 22.6 Å². The Labute approximate surface area is 136 Å². The first kappa shape index (κ1) is 14.6. The van der Waals surface area contributed by atoms with Crippen molar-refractivity contribution in [3.8, 4) is 0 Å². The second-order valence-electron chi connectivity index (χ2n) is 5.21. The fourth-order valence-corrected chi connectivity index (χ4v) is 2.64. The van der Waals surface area contributed by atoms with Crippen LogP contribution in [-0.4, -0.2) is 0 Å². The largest absolute Gasteiger partial charge is 0.0843 e. The van der Waals surface area contributed by atoms with Crippen LogP contribution in [0.5, 0.6) is 0 Å². The fourth-order valence-electron chi connectivity index (χ4n) is 2.52. The smallest absolute Gasteiger partial charge is 0.0406 e. The van der Waals surface area contributed by atoms with Gasteiger partial charge in [0.15, 0.2) is 0 Å². The van der Waals surface area contributed by atoms with Gasteiger partial charge < -0.3 is 0 Å². The molecule has 0 heterocycles. The van der Waals surface area contributed by atoms with Crippen LogP contribution in [0, 0.1) is 0 Å². The molecule has 0 saturated carbocycles. The molecular formula is C21H17Cl. The van der Waals surface area contributed by atoms with Gasteiger partial charge in [0.25, 0.3) is 0 Å². The van der Waals surface area contributed by atoms with Crippen LogP contribution in [0.15, 0.2) is 91.0 Å². The van der Waals surface area contributed by atoms with E-state index in [0.717, 1.165) is 5.02 Å². The Morgan fingerprint density at radius 3 is 1.82 bits per heavy atom. The molecule has 0 N–H and O–H groups in total. The quantitative estimate of drug-likeness (QED) is 0.539. The van der Waals surface area contributed by atoms with E-state index in [2.05, 4.69) is 72.8 Å². The minimum atomic E-state index is 0.221. The van der Waals surface area contributed by atoms with Gasteiger partial charge in [-0.15, -0.1) is 0 Å². The lowest BCUT2D eigenvalue weighted by Gasteiger charge is -2.14. The zero-order chi connectivity index (χ0) is 15.2. The molecular weight excluding hydrogens is 288 g/mol. The van der Waals surface area contributed by atoms with Gasteiger partial charge in [-0.25, -0.2) is 0 Å². The first-order valence-electron chi connectivity index (χ1n) is 7.36. The first-order valence-corrected chi connectivity index (χ1v) is 7.74. The predicted molar refractivity (Wildman–Crippen MR) is 95.2 cm³/mol. The second kappa shape index (κ2) is 7.11. The molecule has 0 nitrogen and oxygen atoms in total. The zero-order valence-electron chi connectivity index (χ0n) is 12.2. The third-order valence-corrected chi connectivity index (χ3v) is 3.92. The Hall–Kier alpha value is -2.31. The normalized spacial score (nSPS) is 12.4. The molecule has 3 aromatic rings. The van der Waals surface area contributed by atoms with E-state index in [1.54, 1.807) is 0 Å². The van der Waals surface area contributed by atoms with Crippen LogP contribution in [0.25, 0.3) is 6.08 Å². The van der Waals surface area contributed by atoms with Crippen molar-refractivity contribution in [1.82, 2.24) is 0 Å². The van der Waals surface area contributed by atoms with E-state index in [-0.39, 0.29) is 5.92 Å². The van der Waals surface area contributed by atoms with E-state index >= 15 is 0 Å². The van der Waals surface area contributed by atoms with Gasteiger partial charge in [-0.1, -0.05) is 96.5 Å². The highest BCUT2D eigenvalue weighted by atomic mass is 35.5. The number of benzene rings is 3. The maximum Gasteiger partial charge on any atom is 0.0406 e. The van der Waals surface area contributed by atoms with Crippen molar-refractivity contribution in [2.45, 2.75) is 5.92 Å². The fraction of sp³-hybridized carbons (Fsp3) is 0.0476. The Bertz CT molecular complexity index is 728. The van der Waals surface area contributed by atoms with Gasteiger partial charge in [-0.2, -0.15) is 0 Å². The summed E-state index contributed by atoms with van der Waals surface area (Å²) in [7, 11) is 0. The van der Waals surface area contributed by atoms with Crippen molar-refractivity contribution in [3.63, 3.8) is 0 Å². The third kappa shape index (κ3) is 3.66. The van der Waals surface area contributed by atoms with E-state index < -0.39 is 0 Å². The van der Waals surface area contributed by atoms with E-state index in [1.165, 1.54) is 16.7 Å². The summed E-state index contributed by atoms with van der Waals surface area (Å²) in [6.07, 6.45) is 4.42. The minimum absolute atomic E-state index is 0.221. The van der Waals surface area contributed by atoms with Crippen molar-refractivity contribution in [2.24, 2.45) is 0 Å². The summed E-state index contributed by atoms with van der Waals surface area (Å²) in [4.78, 5) is 0. The van der Waals surface area contributed by atoms with Gasteiger partial charge in [-0.05, 0) is 28.8 Å². The summed E-state index contributed by atoms with van der Waals surface area (Å²) in [6.45, 7) is 0. The summed E-state index contributed by atoms with van der Waals surface area (Å²) in [6, 6.07) is 29.0. The van der Waals surface area contributed by atoms with Gasteiger partial charge in [0.2, 0.25) is 0 Å². The van der Waals surface area contributed by atoms with Crippen molar-refractivity contribution >= 4 is 17.7 Å². The van der Waals surface area contributed by atoms with Crippen LogP contribution in [-0.2, 0) is 0 Å². The molecule has 3 rings (SSSR count). The number of halogens is 1. The highest BCUT2D eigenvalue weighted by Gasteiger charge is 2.10. The minimum Gasteiger partial charge on any atom is -0.0843 e. The van der Waals surface area contributed by atoms with E-state index in [0.29, 0.717) is 0 Å². The molecule has 0 bridgehead atoms. The Morgan fingerprint density at radius 2 is 1.18 bits per heavy atom. The molecule has 0 spiro atoms. The molecule has 0 aliphatic heterocycles. The van der Waals surface area contributed by atoms with Crippen LogP contribution < -0.4 is 0 Å². The molecule has 0 amide bonds. The lowest BCUT2D eigenvalue weighted by Crippen LogP contribution is -1.97. The third-order valence-electron chi connectivity index (χ3n) is 3.67. The lowest BCUT2D eigenvalue weighted by molar-refractivity contribution is 1.03. The molecule has 0 aliphatic rings. The van der Waals surface area contributed by atoms with Crippen molar-refractivity contribution in [2.75, 3.05) is 0 Å². The van der Waals surface area contributed by atoms with Gasteiger partial charge in [0.1, 0.15) is 0 Å². The summed E-state index contributed by atoms with van der Waals surface area (Å²) in [5, 5.41) is 0.766. The highest BCUT2D eigenvalue weighted by molar-refractivity contribution is 6.30. The van der Waals surface area contributed by atoms with Crippen LogP contribution in [0.3, 0.4) is 0 Å². The molecule has 0 saturated heterocycles. The molecule has 1 heteroatoms. The summed E-state index contributed by atoms with van der Waals surface area (Å²) in [5.41, 5.74) is 3.72. The molecule has 0 radical (unpaired) electrons. The maximum absolute atomic E-state index is 6.02. The van der Waals surface area contributed by atoms with Crippen LogP contribution >= 0.6 is 11.6 Å². The summed E-state index contributed by atoms with van der Waals surface area (Å²) in [5.74, 6) is 0.221. The van der Waals surface area contributed by atoms with Crippen LogP contribution in [0.2, 0.25) is 5.02 Å². The lowest BCUT2D eigenvalue weighted by atomic mass is 9.90. The van der Waals surface area contributed by atoms with Gasteiger partial charge in [0, 0.05) is 10.9 Å². The number of hydrogen-bond donors (Lipinski definition) is 0. The number of allylic oxidation sites excluding steroid dienone is 1. The molecule has 3 aromatic carbocycles. The van der Waals surface area contributed by atoms with E-state index in [9.17, 15) is 0 Å². The molecule has 1 atom stereocenters. The Kier molecular flexibility index (Phi) is 4.72. The second-order valence-corrected chi connectivity index (χ2v) is 5.65. The van der Waals surface area contributed by atoms with Gasteiger partial charge in [0.05, 0.1) is 0 Å². The maximum atomic E-state index is 6.02. The van der Waals surface area contributed by atoms with E-state index in [4.69, 9.17) is 11.6 Å². The summed E-state index contributed by atoms with van der Waals surface area (Å²) >= 11 is 6.02. The van der Waals surface area contributed by atoms with Crippen molar-refractivity contribution < 1.29 is 0 Å². The van der Waals surface area contributed by atoms with Gasteiger partial charge in [-0.3, -0.25) is 0 Å². The standard InChI is InChI=1S/C21H17Cl/c22-20-14-12-19(13-15-20)21(18-9-5-2-6-10-18)16-11-17-7-3-1-4-8-17/h1-16,21H/b16-11+/t21-/m1/s1. The Morgan fingerprint density at radius 1 is 0.636 bits per heavy atom. The molecule has 0 fully saturated rings. The highest BCUT2D eigenvalue weighted by Crippen LogP contribution is 2.27. The predicted octanol–water partition coefficient (Wildman–Crippen LogP) is 6.19. The molecule has 108 valence electrons. The number of hydrogen-bond acceptors (Lipinski definition) is 0. The zero-order valence-corrected chi connectivity index (χ0v) is 12.9. The molecule has 22 heavy (non-hydrogen) atoms. The summed E-state index contributed by atoms with van der Waals surface area (Å²) < 4.78 is 0. The van der Waals surface area contributed by atoms with Gasteiger partial charge >= 0.3 is 0 Å². The first-order chi connectivity index (χ1) is 10.8. The van der Waals surface area contributed by atoms with Crippen LogP contribution in [0.4, 0.5) is 0 Å². The molecule has 0 aromatic heterocycles. The van der Waals surface area contributed by atoms with Crippen molar-refractivity contribution in [1.29, 1.82) is 0 Å².